The first-order valence-electron chi connectivity index (χ1n) is 7.18. The molecule has 23 heavy (non-hydrogen) atoms. The number of hydrogen-bond donors (Lipinski definition) is 0. The van der Waals surface area contributed by atoms with E-state index in [2.05, 4.69) is 41.4 Å². The number of fused-ring (bicyclic) bond motifs is 3. The molecular weight excluding hydrogens is 465 g/mol. The van der Waals surface area contributed by atoms with Crippen molar-refractivity contribution >= 4 is 21.5 Å². The van der Waals surface area contributed by atoms with E-state index in [-0.39, 0.29) is 25.9 Å². The van der Waals surface area contributed by atoms with Gasteiger partial charge in [0.2, 0.25) is 0 Å². The monoisotopic (exact) mass is 479 g/mol. The summed E-state index contributed by atoms with van der Waals surface area (Å²) in [7, 11) is 0. The summed E-state index contributed by atoms with van der Waals surface area (Å²) >= 11 is 0. The van der Waals surface area contributed by atoms with E-state index in [4.69, 9.17) is 0 Å². The van der Waals surface area contributed by atoms with Crippen molar-refractivity contribution in [2.24, 2.45) is 0 Å². The van der Waals surface area contributed by atoms with Gasteiger partial charge in [0.1, 0.15) is 0 Å². The molecule has 4 rings (SSSR count). The molecule has 0 atom stereocenters. The van der Waals surface area contributed by atoms with Gasteiger partial charge in [-0.15, -0.1) is 23.8 Å². The Hall–Kier alpha value is -2.09. The number of hydrogen-bond acceptors (Lipinski definition) is 1. The average molecular weight is 479 g/mol. The van der Waals surface area contributed by atoms with Crippen LogP contribution in [0.3, 0.4) is 0 Å². The largest absolute Gasteiger partial charge is 0.304 e. The maximum atomic E-state index is 13.4. The molecule has 0 spiro atoms. The van der Waals surface area contributed by atoms with Crippen LogP contribution in [0, 0.1) is 18.8 Å². The second kappa shape index (κ2) is 6.19. The molecule has 1 nitrogen and oxygen atoms in total. The van der Waals surface area contributed by atoms with Crippen molar-refractivity contribution in [1.29, 1.82) is 0 Å². The molecule has 4 aromatic rings. The molecule has 0 aliphatic heterocycles. The average Bonchev–Trinajstić information content (AvgIpc) is 2.57. The molecule has 0 saturated carbocycles. The molecule has 3 heteroatoms. The van der Waals surface area contributed by atoms with Crippen LogP contribution in [0.5, 0.6) is 0 Å². The maximum Gasteiger partial charge on any atom is 0.0408 e. The molecule has 0 unspecified atom stereocenters. The standard InChI is InChI=1S/C20H13FN.Ir/c1-13-10-15(8-9-19(13)21)20-11-18-16(12-22-20)7-6-14-4-2-3-5-17(14)18;/h2-7,9-12H,1H3;/q-1;. The van der Waals surface area contributed by atoms with Gasteiger partial charge in [-0.2, -0.15) is 0 Å². The topological polar surface area (TPSA) is 12.9 Å². The van der Waals surface area contributed by atoms with Gasteiger partial charge in [0, 0.05) is 32.1 Å². The maximum absolute atomic E-state index is 13.4. The van der Waals surface area contributed by atoms with Crippen molar-refractivity contribution in [3.8, 4) is 11.3 Å². The molecule has 1 radical (unpaired) electrons. The Morgan fingerprint density at radius 3 is 2.57 bits per heavy atom. The predicted octanol–water partition coefficient (Wildman–Crippen LogP) is 5.30. The van der Waals surface area contributed by atoms with E-state index in [1.165, 1.54) is 16.8 Å². The van der Waals surface area contributed by atoms with Crippen LogP contribution in [-0.4, -0.2) is 4.98 Å². The van der Waals surface area contributed by atoms with Crippen LogP contribution in [0.1, 0.15) is 5.56 Å². The summed E-state index contributed by atoms with van der Waals surface area (Å²) in [4.78, 5) is 4.50. The Labute approximate surface area is 147 Å². The third-order valence-electron chi connectivity index (χ3n) is 4.00. The van der Waals surface area contributed by atoms with Crippen molar-refractivity contribution in [2.45, 2.75) is 6.92 Å². The van der Waals surface area contributed by atoms with Crippen LogP contribution in [0.15, 0.2) is 60.8 Å². The minimum absolute atomic E-state index is 0. The number of aryl methyl sites for hydroxylation is 1. The number of rotatable bonds is 1. The van der Waals surface area contributed by atoms with Crippen LogP contribution < -0.4 is 0 Å². The fourth-order valence-corrected chi connectivity index (χ4v) is 2.78. The number of pyridine rings is 1. The van der Waals surface area contributed by atoms with E-state index < -0.39 is 0 Å². The zero-order valence-corrected chi connectivity index (χ0v) is 14.8. The first kappa shape index (κ1) is 15.8. The third kappa shape index (κ3) is 2.78. The van der Waals surface area contributed by atoms with E-state index in [1.54, 1.807) is 13.0 Å². The Balaban J connectivity index is 0.00000156. The third-order valence-corrected chi connectivity index (χ3v) is 4.00. The zero-order valence-electron chi connectivity index (χ0n) is 12.4. The summed E-state index contributed by atoms with van der Waals surface area (Å²) < 4.78 is 13.4. The number of halogens is 1. The Morgan fingerprint density at radius 2 is 1.74 bits per heavy atom. The van der Waals surface area contributed by atoms with Crippen LogP contribution in [0.4, 0.5) is 4.39 Å². The minimum Gasteiger partial charge on any atom is -0.304 e. The molecule has 1 heterocycles. The summed E-state index contributed by atoms with van der Waals surface area (Å²) in [6, 6.07) is 20.7. The Morgan fingerprint density at radius 1 is 0.957 bits per heavy atom. The summed E-state index contributed by atoms with van der Waals surface area (Å²) in [5, 5.41) is 4.65. The van der Waals surface area contributed by atoms with Gasteiger partial charge in [-0.3, -0.25) is 4.39 Å². The van der Waals surface area contributed by atoms with Gasteiger partial charge < -0.3 is 4.98 Å². The Bertz CT molecular complexity index is 1010. The molecule has 0 bridgehead atoms. The number of benzene rings is 3. The van der Waals surface area contributed by atoms with E-state index in [0.29, 0.717) is 5.56 Å². The summed E-state index contributed by atoms with van der Waals surface area (Å²) in [5.74, 6) is -0.241. The second-order valence-electron chi connectivity index (χ2n) is 5.46. The van der Waals surface area contributed by atoms with Crippen LogP contribution in [-0.2, 0) is 20.1 Å². The predicted molar refractivity (Wildman–Crippen MR) is 88.2 cm³/mol. The first-order valence-corrected chi connectivity index (χ1v) is 7.18. The van der Waals surface area contributed by atoms with Crippen LogP contribution in [0.2, 0.25) is 0 Å². The molecule has 115 valence electrons. The fourth-order valence-electron chi connectivity index (χ4n) is 2.78. The summed E-state index contributed by atoms with van der Waals surface area (Å²) in [6.07, 6.45) is 1.86. The first-order chi connectivity index (χ1) is 10.7. The van der Waals surface area contributed by atoms with Gasteiger partial charge in [0.15, 0.2) is 0 Å². The second-order valence-corrected chi connectivity index (χ2v) is 5.46. The van der Waals surface area contributed by atoms with Crippen molar-refractivity contribution < 1.29 is 24.5 Å². The van der Waals surface area contributed by atoms with Crippen LogP contribution in [0.25, 0.3) is 32.8 Å². The van der Waals surface area contributed by atoms with Crippen LogP contribution >= 0.6 is 0 Å². The molecule has 0 aliphatic rings. The van der Waals surface area contributed by atoms with Gasteiger partial charge in [-0.25, -0.2) is 0 Å². The van der Waals surface area contributed by atoms with Gasteiger partial charge in [0.25, 0.3) is 0 Å². The van der Waals surface area contributed by atoms with Gasteiger partial charge in [0.05, 0.1) is 0 Å². The number of aromatic nitrogens is 1. The van der Waals surface area contributed by atoms with E-state index in [9.17, 15) is 4.39 Å². The normalized spacial score (nSPS) is 10.7. The SMILES string of the molecule is Cc1cc(-c2cc3c(ccc4ccccc43)cn2)[c-]cc1F.[Ir]. The molecule has 0 amide bonds. The molecule has 0 fully saturated rings. The van der Waals surface area contributed by atoms with Crippen molar-refractivity contribution in [1.82, 2.24) is 4.98 Å². The van der Waals surface area contributed by atoms with E-state index in [1.807, 2.05) is 18.3 Å². The number of nitrogens with zero attached hydrogens (tertiary/aromatic N) is 1. The molecular formula is C20H13FIrN-. The zero-order chi connectivity index (χ0) is 15.1. The molecule has 3 aromatic carbocycles. The van der Waals surface area contributed by atoms with Gasteiger partial charge >= 0.3 is 0 Å². The van der Waals surface area contributed by atoms with Crippen molar-refractivity contribution in [3.05, 3.63) is 78.2 Å². The molecule has 0 N–H and O–H groups in total. The summed E-state index contributed by atoms with van der Waals surface area (Å²) in [5.41, 5.74) is 2.23. The quantitative estimate of drug-likeness (QED) is 0.267. The molecule has 0 saturated heterocycles. The van der Waals surface area contributed by atoms with Gasteiger partial charge in [-0.05, 0) is 27.2 Å². The summed E-state index contributed by atoms with van der Waals surface area (Å²) in [6.45, 7) is 1.75. The van der Waals surface area contributed by atoms with E-state index in [0.717, 1.165) is 22.0 Å². The fraction of sp³-hybridized carbons (Fsp3) is 0.0500. The molecule has 0 aliphatic carbocycles. The van der Waals surface area contributed by atoms with Crippen molar-refractivity contribution in [2.75, 3.05) is 0 Å². The minimum atomic E-state index is -0.241. The molecule has 1 aromatic heterocycles. The smallest absolute Gasteiger partial charge is 0.0408 e. The van der Waals surface area contributed by atoms with Gasteiger partial charge in [-0.1, -0.05) is 55.0 Å². The van der Waals surface area contributed by atoms with Crippen molar-refractivity contribution in [3.63, 3.8) is 0 Å². The van der Waals surface area contributed by atoms with E-state index >= 15 is 0 Å². The Kier molecular flexibility index (Phi) is 4.25.